The normalized spacial score (nSPS) is 11.5. The van der Waals surface area contributed by atoms with Crippen LogP contribution in [0.3, 0.4) is 0 Å². The fraction of sp³-hybridized carbons (Fsp3) is 0.233. The molecule has 3 aromatic carbocycles. The highest BCUT2D eigenvalue weighted by atomic mass is 16.5. The Bertz CT molecular complexity index is 1340. The van der Waals surface area contributed by atoms with Crippen LogP contribution in [0.15, 0.2) is 72.8 Å². The Balaban J connectivity index is 1.25. The van der Waals surface area contributed by atoms with Crippen LogP contribution in [0.2, 0.25) is 0 Å². The van der Waals surface area contributed by atoms with Gasteiger partial charge in [0, 0.05) is 30.5 Å². The number of carbonyl (C=O) groups is 3. The van der Waals surface area contributed by atoms with Gasteiger partial charge in [-0.2, -0.15) is 0 Å². The molecule has 0 spiro atoms. The first-order valence-electron chi connectivity index (χ1n) is 12.1. The van der Waals surface area contributed by atoms with Gasteiger partial charge in [-0.3, -0.25) is 14.4 Å². The average Bonchev–Trinajstić information content (AvgIpc) is 2.92. The predicted octanol–water partition coefficient (Wildman–Crippen LogP) is 3.97. The smallest absolute Gasteiger partial charge is 0.306 e. The molecule has 2 amide bonds. The number of benzene rings is 3. The minimum absolute atomic E-state index is 0.00878. The monoisotopic (exact) mass is 496 g/mol. The van der Waals surface area contributed by atoms with E-state index in [4.69, 9.17) is 9.47 Å². The average molecular weight is 497 g/mol. The van der Waals surface area contributed by atoms with Gasteiger partial charge in [-0.05, 0) is 41.5 Å². The summed E-state index contributed by atoms with van der Waals surface area (Å²) in [5.74, 6) is 6.20. The minimum Gasteiger partial charge on any atom is -0.497 e. The van der Waals surface area contributed by atoms with Crippen LogP contribution in [0.5, 0.6) is 5.75 Å². The van der Waals surface area contributed by atoms with Gasteiger partial charge in [-0.15, -0.1) is 0 Å². The molecule has 1 N–H and O–H groups in total. The van der Waals surface area contributed by atoms with Crippen LogP contribution in [0.25, 0.3) is 0 Å². The van der Waals surface area contributed by atoms with E-state index in [-0.39, 0.29) is 44.2 Å². The van der Waals surface area contributed by atoms with Crippen LogP contribution in [0, 0.1) is 11.8 Å². The minimum atomic E-state index is -0.459. The molecule has 37 heavy (non-hydrogen) atoms. The number of nitrogens with zero attached hydrogens (tertiary/aromatic N) is 1. The highest BCUT2D eigenvalue weighted by molar-refractivity contribution is 5.95. The summed E-state index contributed by atoms with van der Waals surface area (Å²) in [4.78, 5) is 39.1. The van der Waals surface area contributed by atoms with Crippen molar-refractivity contribution in [2.24, 2.45) is 0 Å². The molecule has 0 aromatic heterocycles. The second-order valence-electron chi connectivity index (χ2n) is 8.51. The number of methoxy groups -OCH3 is 1. The third kappa shape index (κ3) is 6.98. The van der Waals surface area contributed by atoms with E-state index in [0.29, 0.717) is 6.54 Å². The molecule has 0 radical (unpaired) electrons. The first-order chi connectivity index (χ1) is 18.0. The van der Waals surface area contributed by atoms with Gasteiger partial charge in [-0.25, -0.2) is 0 Å². The number of ether oxygens (including phenoxy) is 2. The molecule has 1 aliphatic rings. The second kappa shape index (κ2) is 12.4. The van der Waals surface area contributed by atoms with E-state index in [9.17, 15) is 14.4 Å². The van der Waals surface area contributed by atoms with E-state index in [1.807, 2.05) is 60.7 Å². The second-order valence-corrected chi connectivity index (χ2v) is 8.51. The summed E-state index contributed by atoms with van der Waals surface area (Å²) in [6.45, 7) is 0.697. The lowest BCUT2D eigenvalue weighted by molar-refractivity contribution is -0.146. The summed E-state index contributed by atoms with van der Waals surface area (Å²) in [5, 5.41) is 2.73. The van der Waals surface area contributed by atoms with Gasteiger partial charge in [0.2, 0.25) is 11.8 Å². The zero-order chi connectivity index (χ0) is 26.0. The van der Waals surface area contributed by atoms with Gasteiger partial charge in [0.15, 0.2) is 0 Å². The highest BCUT2D eigenvalue weighted by Crippen LogP contribution is 2.25. The summed E-state index contributed by atoms with van der Waals surface area (Å²) in [6.07, 6.45) is 0.0770. The summed E-state index contributed by atoms with van der Waals surface area (Å²) in [6, 6.07) is 22.5. The van der Waals surface area contributed by atoms with Gasteiger partial charge in [0.1, 0.15) is 12.4 Å². The number of rotatable bonds is 9. The van der Waals surface area contributed by atoms with Crippen molar-refractivity contribution in [3.8, 4) is 17.6 Å². The molecule has 4 rings (SSSR count). The van der Waals surface area contributed by atoms with Gasteiger partial charge >= 0.3 is 5.97 Å². The van der Waals surface area contributed by atoms with Gasteiger partial charge < -0.3 is 19.7 Å². The molecule has 0 unspecified atom stereocenters. The van der Waals surface area contributed by atoms with Crippen LogP contribution in [-0.2, 0) is 32.3 Å². The fourth-order valence-corrected chi connectivity index (χ4v) is 3.91. The maximum atomic E-state index is 13.2. The molecule has 188 valence electrons. The van der Waals surface area contributed by atoms with E-state index < -0.39 is 5.97 Å². The van der Waals surface area contributed by atoms with Crippen LogP contribution in [0.4, 0.5) is 5.69 Å². The van der Waals surface area contributed by atoms with Crippen molar-refractivity contribution >= 4 is 23.5 Å². The number of hydrogen-bond donors (Lipinski definition) is 1. The van der Waals surface area contributed by atoms with Crippen LogP contribution in [0.1, 0.15) is 41.5 Å². The van der Waals surface area contributed by atoms with Crippen molar-refractivity contribution in [1.82, 2.24) is 5.32 Å². The summed E-state index contributed by atoms with van der Waals surface area (Å²) >= 11 is 0. The third-order valence-electron chi connectivity index (χ3n) is 5.95. The fourth-order valence-electron chi connectivity index (χ4n) is 3.91. The number of hydrogen-bond acceptors (Lipinski definition) is 5. The molecule has 7 nitrogen and oxygen atoms in total. The Morgan fingerprint density at radius 2 is 1.57 bits per heavy atom. The van der Waals surface area contributed by atoms with Gasteiger partial charge in [0.05, 0.1) is 25.8 Å². The molecule has 0 atom stereocenters. The van der Waals surface area contributed by atoms with Crippen molar-refractivity contribution in [3.05, 3.63) is 95.1 Å². The first kappa shape index (κ1) is 25.5. The Morgan fingerprint density at radius 3 is 2.35 bits per heavy atom. The third-order valence-corrected chi connectivity index (χ3v) is 5.95. The lowest BCUT2D eigenvalue weighted by Crippen LogP contribution is -2.35. The molecule has 0 saturated heterocycles. The van der Waals surface area contributed by atoms with Crippen molar-refractivity contribution in [3.63, 3.8) is 0 Å². The first-order valence-corrected chi connectivity index (χ1v) is 12.1. The molecule has 1 heterocycles. The van der Waals surface area contributed by atoms with Gasteiger partial charge in [-0.1, -0.05) is 54.3 Å². The number of para-hydroxylation sites is 1. The van der Waals surface area contributed by atoms with Gasteiger partial charge in [0.25, 0.3) is 0 Å². The molecular weight excluding hydrogens is 468 g/mol. The van der Waals surface area contributed by atoms with Crippen molar-refractivity contribution in [2.45, 2.75) is 32.4 Å². The maximum Gasteiger partial charge on any atom is 0.306 e. The Morgan fingerprint density at radius 1 is 0.865 bits per heavy atom. The van der Waals surface area contributed by atoms with E-state index >= 15 is 0 Å². The molecule has 0 aliphatic carbocycles. The Kier molecular flexibility index (Phi) is 8.56. The maximum absolute atomic E-state index is 13.2. The number of esters is 1. The van der Waals surface area contributed by atoms with Crippen molar-refractivity contribution in [1.29, 1.82) is 0 Å². The number of nitrogens with one attached hydrogen (secondary N) is 1. The lowest BCUT2D eigenvalue weighted by Gasteiger charge is -2.26. The van der Waals surface area contributed by atoms with Crippen LogP contribution < -0.4 is 15.0 Å². The molecule has 0 fully saturated rings. The SMILES string of the molecule is COc1ccc(COC(=O)CCC(=O)NCCC(=O)N2Cc3ccccc3C#Cc3ccccc32)cc1. The Labute approximate surface area is 216 Å². The number of carbonyl (C=O) groups excluding carboxylic acids is 3. The molecule has 0 saturated carbocycles. The molecule has 7 heteroatoms. The van der Waals surface area contributed by atoms with E-state index in [2.05, 4.69) is 17.2 Å². The molecule has 0 bridgehead atoms. The summed E-state index contributed by atoms with van der Waals surface area (Å²) in [7, 11) is 1.58. The molecule has 3 aromatic rings. The van der Waals surface area contributed by atoms with Crippen molar-refractivity contribution < 1.29 is 23.9 Å². The molecule has 1 aliphatic heterocycles. The van der Waals surface area contributed by atoms with Crippen molar-refractivity contribution in [2.75, 3.05) is 18.6 Å². The molecular formula is C30H28N2O5. The predicted molar refractivity (Wildman–Crippen MR) is 140 cm³/mol. The largest absolute Gasteiger partial charge is 0.497 e. The van der Waals surface area contributed by atoms with E-state index in [1.54, 1.807) is 24.1 Å². The van der Waals surface area contributed by atoms with E-state index in [0.717, 1.165) is 33.7 Å². The zero-order valence-electron chi connectivity index (χ0n) is 20.7. The highest BCUT2D eigenvalue weighted by Gasteiger charge is 2.21. The van der Waals surface area contributed by atoms with Crippen LogP contribution >= 0.6 is 0 Å². The summed E-state index contributed by atoms with van der Waals surface area (Å²) in [5.41, 5.74) is 4.22. The topological polar surface area (TPSA) is 84.9 Å². The zero-order valence-corrected chi connectivity index (χ0v) is 20.7. The standard InChI is InChI=1S/C30H28N2O5/c1-36-26-14-10-22(11-15-26)21-37-30(35)17-16-28(33)31-19-18-29(34)32-20-25-8-3-2-6-23(25)12-13-24-7-4-5-9-27(24)32/h2-11,14-15H,16-21H2,1H3,(H,31,33). The lowest BCUT2D eigenvalue weighted by atomic mass is 10.0. The van der Waals surface area contributed by atoms with E-state index in [1.165, 1.54) is 0 Å². The Hall–Kier alpha value is -4.57. The quantitative estimate of drug-likeness (QED) is 0.358. The van der Waals surface area contributed by atoms with Crippen LogP contribution in [-0.4, -0.2) is 31.4 Å². The number of anilines is 1. The summed E-state index contributed by atoms with van der Waals surface area (Å²) < 4.78 is 10.3. The number of amides is 2. The number of fused-ring (bicyclic) bond motifs is 2.